The van der Waals surface area contributed by atoms with Crippen molar-refractivity contribution in [2.24, 2.45) is 11.8 Å². The number of carboxylic acids is 1. The molecule has 0 saturated heterocycles. The van der Waals surface area contributed by atoms with Crippen LogP contribution in [0.1, 0.15) is 54.4 Å². The molecular formula is C18H34O4Si+2. The smallest absolute Gasteiger partial charge is 0.370 e. The first-order chi connectivity index (χ1) is 10.7. The van der Waals surface area contributed by atoms with Crippen LogP contribution in [-0.4, -0.2) is 37.7 Å². The average molecular weight is 343 g/mol. The molecule has 1 rings (SSSR count). The van der Waals surface area contributed by atoms with E-state index < -0.39 is 14.8 Å². The molecule has 0 radical (unpaired) electrons. The van der Waals surface area contributed by atoms with Crippen LogP contribution in [0.15, 0.2) is 11.8 Å². The van der Waals surface area contributed by atoms with Crippen molar-refractivity contribution < 1.29 is 19.7 Å². The molecule has 5 heteroatoms. The number of hydrogen-bond donors (Lipinski definition) is 1. The first-order valence-electron chi connectivity index (χ1n) is 8.81. The van der Waals surface area contributed by atoms with Gasteiger partial charge in [-0.15, -0.1) is 0 Å². The van der Waals surface area contributed by atoms with E-state index in [1.54, 1.807) is 6.08 Å². The Kier molecular flexibility index (Phi) is 7.81. The Balaban J connectivity index is 2.59. The third kappa shape index (κ3) is 5.35. The van der Waals surface area contributed by atoms with Crippen molar-refractivity contribution in [1.82, 2.24) is 0 Å². The first-order valence-corrected chi connectivity index (χ1v) is 10.5. The Morgan fingerprint density at radius 2 is 1.78 bits per heavy atom. The molecule has 0 amide bonds. The highest BCUT2D eigenvalue weighted by atomic mass is 28.3. The van der Waals surface area contributed by atoms with E-state index in [4.69, 9.17) is 14.9 Å². The molecule has 1 heterocycles. The molecule has 3 N–H and O–H groups in total. The van der Waals surface area contributed by atoms with Crippen LogP contribution in [0.5, 0.6) is 0 Å². The molecular weight excluding hydrogens is 308 g/mol. The van der Waals surface area contributed by atoms with Crippen LogP contribution in [0.2, 0.25) is 16.6 Å². The third-order valence-corrected chi connectivity index (χ3v) is 9.11. The molecule has 0 aliphatic carbocycles. The Morgan fingerprint density at radius 3 is 2.22 bits per heavy atom. The summed E-state index contributed by atoms with van der Waals surface area (Å²) in [6, 6.07) is 0. The summed E-state index contributed by atoms with van der Waals surface area (Å²) < 4.78 is 5.63. The molecule has 1 aliphatic rings. The third-order valence-electron chi connectivity index (χ3n) is 5.02. The summed E-state index contributed by atoms with van der Waals surface area (Å²) in [6.45, 7) is 14.1. The lowest BCUT2D eigenvalue weighted by molar-refractivity contribution is -0.137. The Labute approximate surface area is 142 Å². The fourth-order valence-corrected chi connectivity index (χ4v) is 8.16. The maximum Gasteiger partial charge on any atom is 0.370 e. The topological polar surface area (TPSA) is 69.4 Å². The molecule has 4 unspecified atom stereocenters. The summed E-state index contributed by atoms with van der Waals surface area (Å²) in [5.41, 5.74) is 2.29. The molecule has 132 valence electrons. The summed E-state index contributed by atoms with van der Waals surface area (Å²) in [7, 11) is -0.403. The zero-order valence-electron chi connectivity index (χ0n) is 15.4. The highest BCUT2D eigenvalue weighted by Gasteiger charge is 2.42. The van der Waals surface area contributed by atoms with E-state index in [-0.39, 0.29) is 30.3 Å². The van der Waals surface area contributed by atoms with Crippen LogP contribution in [0.4, 0.5) is 0 Å². The van der Waals surface area contributed by atoms with E-state index in [1.165, 1.54) is 6.42 Å². The summed E-state index contributed by atoms with van der Waals surface area (Å²) in [6.07, 6.45) is 3.67. The highest BCUT2D eigenvalue weighted by Crippen LogP contribution is 2.36. The second-order valence-electron chi connectivity index (χ2n) is 7.55. The van der Waals surface area contributed by atoms with Gasteiger partial charge in [0.25, 0.3) is 0 Å². The van der Waals surface area contributed by atoms with Gasteiger partial charge in [0.05, 0.1) is 22.5 Å². The fourth-order valence-electron chi connectivity index (χ4n) is 4.05. The van der Waals surface area contributed by atoms with Gasteiger partial charge in [0.2, 0.25) is 5.76 Å². The van der Waals surface area contributed by atoms with Gasteiger partial charge in [-0.25, -0.2) is 4.79 Å². The van der Waals surface area contributed by atoms with Crippen molar-refractivity contribution in [2.45, 2.75) is 77.1 Å². The second-order valence-corrected chi connectivity index (χ2v) is 11.8. The lowest BCUT2D eigenvalue weighted by Gasteiger charge is -2.24. The van der Waals surface area contributed by atoms with Crippen molar-refractivity contribution >= 4 is 14.8 Å². The van der Waals surface area contributed by atoms with Gasteiger partial charge in [0, 0.05) is 0 Å². The SMILES string of the molecule is CC(CCC(C)[Si+](C(C)C)C(C)C)C1OC(C(=O)O)=CC1C[OH2+]. The summed E-state index contributed by atoms with van der Waals surface area (Å²) in [5.74, 6) is -0.798. The molecule has 0 saturated carbocycles. The predicted molar refractivity (Wildman–Crippen MR) is 96.3 cm³/mol. The van der Waals surface area contributed by atoms with Crippen LogP contribution in [0.25, 0.3) is 0 Å². The lowest BCUT2D eigenvalue weighted by atomic mass is 9.90. The van der Waals surface area contributed by atoms with Crippen molar-refractivity contribution in [2.75, 3.05) is 6.61 Å². The van der Waals surface area contributed by atoms with Gasteiger partial charge >= 0.3 is 14.8 Å². The lowest BCUT2D eigenvalue weighted by Crippen LogP contribution is -2.30. The minimum absolute atomic E-state index is 0.0289. The van der Waals surface area contributed by atoms with Gasteiger partial charge in [-0.05, 0) is 59.5 Å². The summed E-state index contributed by atoms with van der Waals surface area (Å²) in [5, 5.41) is 16.7. The zero-order chi connectivity index (χ0) is 17.7. The maximum absolute atomic E-state index is 11.1. The molecule has 4 nitrogen and oxygen atoms in total. The van der Waals surface area contributed by atoms with E-state index in [0.29, 0.717) is 0 Å². The van der Waals surface area contributed by atoms with Crippen LogP contribution >= 0.6 is 0 Å². The normalized spacial score (nSPS) is 23.6. The highest BCUT2D eigenvalue weighted by molar-refractivity contribution is 6.63. The number of hydrogen-bond acceptors (Lipinski definition) is 2. The van der Waals surface area contributed by atoms with Gasteiger partial charge in [-0.3, -0.25) is 0 Å². The van der Waals surface area contributed by atoms with Crippen LogP contribution < -0.4 is 0 Å². The van der Waals surface area contributed by atoms with Crippen molar-refractivity contribution in [3.05, 3.63) is 11.8 Å². The van der Waals surface area contributed by atoms with E-state index in [1.807, 2.05) is 0 Å². The minimum Gasteiger partial charge on any atom is -0.482 e. The molecule has 23 heavy (non-hydrogen) atoms. The standard InChI is InChI=1S/C18H32O4Si/c1-11(2)23(12(3)4)14(6)8-7-13(5)17-15(10-19)9-16(22-17)18(20)21/h9,11-15,17,19H,7-8,10H2,1-6H3/p+2. The molecule has 1 aliphatic heterocycles. The van der Waals surface area contributed by atoms with Crippen molar-refractivity contribution in [1.29, 1.82) is 0 Å². The van der Waals surface area contributed by atoms with E-state index >= 15 is 0 Å². The number of carboxylic acid groups (broad SMARTS) is 1. The minimum atomic E-state index is -1.02. The second kappa shape index (κ2) is 8.88. The van der Waals surface area contributed by atoms with E-state index in [9.17, 15) is 4.79 Å². The van der Waals surface area contributed by atoms with Gasteiger partial charge in [-0.2, -0.15) is 0 Å². The van der Waals surface area contributed by atoms with Gasteiger partial charge in [-0.1, -0.05) is 6.92 Å². The average Bonchev–Trinajstić information content (AvgIpc) is 2.88. The summed E-state index contributed by atoms with van der Waals surface area (Å²) in [4.78, 5) is 11.1. The number of aliphatic carboxylic acids is 1. The Bertz CT molecular complexity index is 411. The number of carbonyl (C=O) groups is 1. The predicted octanol–water partition coefficient (Wildman–Crippen LogP) is 3.82. The quantitative estimate of drug-likeness (QED) is 0.511. The monoisotopic (exact) mass is 342 g/mol. The largest absolute Gasteiger partial charge is 0.482 e. The maximum atomic E-state index is 11.1. The molecule has 0 aromatic rings. The molecule has 0 aromatic heterocycles. The van der Waals surface area contributed by atoms with Gasteiger partial charge < -0.3 is 14.9 Å². The molecule has 0 aromatic carbocycles. The summed E-state index contributed by atoms with van der Waals surface area (Å²) >= 11 is 0. The number of rotatable bonds is 9. The van der Waals surface area contributed by atoms with Crippen LogP contribution in [-0.2, 0) is 9.53 Å². The Morgan fingerprint density at radius 1 is 1.22 bits per heavy atom. The molecule has 4 atom stereocenters. The number of ether oxygens (including phenoxy) is 1. The van der Waals surface area contributed by atoms with Crippen LogP contribution in [0.3, 0.4) is 0 Å². The van der Waals surface area contributed by atoms with E-state index in [2.05, 4.69) is 41.5 Å². The fraction of sp³-hybridized carbons (Fsp3) is 0.833. The van der Waals surface area contributed by atoms with Crippen molar-refractivity contribution in [3.63, 3.8) is 0 Å². The zero-order valence-corrected chi connectivity index (χ0v) is 16.4. The van der Waals surface area contributed by atoms with Crippen molar-refractivity contribution in [3.8, 4) is 0 Å². The van der Waals surface area contributed by atoms with E-state index in [0.717, 1.165) is 23.0 Å². The Hall–Kier alpha value is -0.813. The molecule has 0 fully saturated rings. The molecule has 0 bridgehead atoms. The van der Waals surface area contributed by atoms with Gasteiger partial charge in [0.15, 0.2) is 6.61 Å². The van der Waals surface area contributed by atoms with Gasteiger partial charge in [0.1, 0.15) is 6.10 Å². The van der Waals surface area contributed by atoms with Crippen LogP contribution in [0, 0.1) is 11.8 Å². The first kappa shape index (κ1) is 20.2. The molecule has 0 spiro atoms.